The second-order valence-electron chi connectivity index (χ2n) is 5.55. The number of sulfone groups is 1. The molecule has 0 saturated heterocycles. The van der Waals surface area contributed by atoms with Gasteiger partial charge in [0.25, 0.3) is 5.24 Å². The van der Waals surface area contributed by atoms with Crippen LogP contribution in [0, 0.1) is 0 Å². The van der Waals surface area contributed by atoms with Crippen molar-refractivity contribution in [3.8, 4) is 0 Å². The van der Waals surface area contributed by atoms with Crippen LogP contribution in [0.3, 0.4) is 0 Å². The van der Waals surface area contributed by atoms with Crippen LogP contribution in [0.2, 0.25) is 0 Å². The number of hydrogen-bond acceptors (Lipinski definition) is 3. The Bertz CT molecular complexity index is 643. The molecule has 0 spiro atoms. The van der Waals surface area contributed by atoms with Gasteiger partial charge in [-0.1, -0.05) is 26.8 Å². The van der Waals surface area contributed by atoms with E-state index in [9.17, 15) is 13.2 Å². The summed E-state index contributed by atoms with van der Waals surface area (Å²) in [6.07, 6.45) is 1.84. The average molecular weight is 315 g/mol. The van der Waals surface area contributed by atoms with E-state index >= 15 is 0 Å². The van der Waals surface area contributed by atoms with Crippen LogP contribution < -0.4 is 0 Å². The van der Waals surface area contributed by atoms with Gasteiger partial charge in [0.05, 0.1) is 10.6 Å². The molecule has 3 nitrogen and oxygen atoms in total. The molecular formula is C15H19ClO3S. The number of halogens is 1. The standard InChI is InChI=1S/C15H19ClO3S/c1-4-20(18,19)14-11(9(2)3)7-8-12(15(16)17)13(14)10-5-6-10/h7-10H,4-6H2,1-3H3. The maximum atomic E-state index is 12.5. The summed E-state index contributed by atoms with van der Waals surface area (Å²) in [6, 6.07) is 3.40. The molecule has 0 amide bonds. The van der Waals surface area contributed by atoms with Crippen molar-refractivity contribution < 1.29 is 13.2 Å². The van der Waals surface area contributed by atoms with Crippen LogP contribution >= 0.6 is 11.6 Å². The minimum atomic E-state index is -3.38. The molecule has 0 aromatic heterocycles. The Morgan fingerprint density at radius 1 is 1.35 bits per heavy atom. The van der Waals surface area contributed by atoms with Crippen LogP contribution in [-0.4, -0.2) is 19.4 Å². The summed E-state index contributed by atoms with van der Waals surface area (Å²) in [4.78, 5) is 12.0. The lowest BCUT2D eigenvalue weighted by molar-refractivity contribution is 0.108. The van der Waals surface area contributed by atoms with Gasteiger partial charge in [0.1, 0.15) is 0 Å². The molecule has 0 atom stereocenters. The van der Waals surface area contributed by atoms with Gasteiger partial charge in [-0.15, -0.1) is 0 Å². The summed E-state index contributed by atoms with van der Waals surface area (Å²) in [5.41, 5.74) is 1.79. The first-order valence-electron chi connectivity index (χ1n) is 6.89. The van der Waals surface area contributed by atoms with Gasteiger partial charge in [-0.05, 0) is 53.5 Å². The lowest BCUT2D eigenvalue weighted by Gasteiger charge is -2.19. The molecule has 0 heterocycles. The second kappa shape index (κ2) is 5.49. The molecule has 5 heteroatoms. The van der Waals surface area contributed by atoms with E-state index in [1.54, 1.807) is 19.1 Å². The average Bonchev–Trinajstić information content (AvgIpc) is 3.20. The lowest BCUT2D eigenvalue weighted by Crippen LogP contribution is -2.14. The Hall–Kier alpha value is -0.870. The normalized spacial score (nSPS) is 15.7. The van der Waals surface area contributed by atoms with E-state index in [2.05, 4.69) is 0 Å². The van der Waals surface area contributed by atoms with Crippen LogP contribution in [-0.2, 0) is 9.84 Å². The highest BCUT2D eigenvalue weighted by Crippen LogP contribution is 2.47. The van der Waals surface area contributed by atoms with Gasteiger partial charge >= 0.3 is 0 Å². The third-order valence-electron chi connectivity index (χ3n) is 3.74. The van der Waals surface area contributed by atoms with E-state index < -0.39 is 15.1 Å². The second-order valence-corrected chi connectivity index (χ2v) is 8.11. The monoisotopic (exact) mass is 314 g/mol. The topological polar surface area (TPSA) is 51.2 Å². The third kappa shape index (κ3) is 2.77. The molecule has 1 aliphatic rings. The zero-order chi connectivity index (χ0) is 15.1. The number of carbonyl (C=O) groups is 1. The summed E-state index contributed by atoms with van der Waals surface area (Å²) in [5, 5.41) is -0.574. The Morgan fingerprint density at radius 3 is 2.35 bits per heavy atom. The molecule has 2 rings (SSSR count). The van der Waals surface area contributed by atoms with Crippen LogP contribution in [0.4, 0.5) is 0 Å². The molecule has 0 unspecified atom stereocenters. The predicted molar refractivity (Wildman–Crippen MR) is 80.4 cm³/mol. The quantitative estimate of drug-likeness (QED) is 0.775. The van der Waals surface area contributed by atoms with Crippen molar-refractivity contribution in [2.24, 2.45) is 0 Å². The SMILES string of the molecule is CCS(=O)(=O)c1c(C(C)C)ccc(C(=O)Cl)c1C1CC1. The van der Waals surface area contributed by atoms with Gasteiger partial charge in [-0.25, -0.2) is 8.42 Å². The number of rotatable bonds is 5. The van der Waals surface area contributed by atoms with E-state index in [0.29, 0.717) is 16.0 Å². The van der Waals surface area contributed by atoms with Crippen LogP contribution in [0.15, 0.2) is 17.0 Å². The number of benzene rings is 1. The minimum Gasteiger partial charge on any atom is -0.276 e. The molecule has 1 aromatic carbocycles. The largest absolute Gasteiger partial charge is 0.276 e. The van der Waals surface area contributed by atoms with Gasteiger partial charge in [-0.2, -0.15) is 0 Å². The first-order valence-corrected chi connectivity index (χ1v) is 8.92. The fraction of sp³-hybridized carbons (Fsp3) is 0.533. The zero-order valence-electron chi connectivity index (χ0n) is 11.9. The summed E-state index contributed by atoms with van der Waals surface area (Å²) in [6.45, 7) is 5.55. The predicted octanol–water partition coefficient (Wildman–Crippen LogP) is 3.86. The highest BCUT2D eigenvalue weighted by atomic mass is 35.5. The summed E-state index contributed by atoms with van der Waals surface area (Å²) < 4.78 is 25.0. The summed E-state index contributed by atoms with van der Waals surface area (Å²) in [5.74, 6) is 0.276. The van der Waals surface area contributed by atoms with Gasteiger partial charge in [0, 0.05) is 5.56 Å². The molecule has 1 aliphatic carbocycles. The van der Waals surface area contributed by atoms with Gasteiger partial charge in [-0.3, -0.25) is 4.79 Å². The van der Waals surface area contributed by atoms with E-state index in [0.717, 1.165) is 18.4 Å². The summed E-state index contributed by atoms with van der Waals surface area (Å²) >= 11 is 5.64. The molecule has 1 aromatic rings. The number of hydrogen-bond donors (Lipinski definition) is 0. The van der Waals surface area contributed by atoms with Crippen molar-refractivity contribution in [2.45, 2.75) is 50.3 Å². The molecule has 1 fully saturated rings. The van der Waals surface area contributed by atoms with E-state index in [1.165, 1.54) is 0 Å². The van der Waals surface area contributed by atoms with Crippen molar-refractivity contribution in [1.82, 2.24) is 0 Å². The lowest BCUT2D eigenvalue weighted by atomic mass is 9.95. The van der Waals surface area contributed by atoms with Gasteiger partial charge in [0.2, 0.25) is 0 Å². The zero-order valence-corrected chi connectivity index (χ0v) is 13.5. The maximum absolute atomic E-state index is 12.5. The smallest absolute Gasteiger partial charge is 0.252 e. The molecule has 20 heavy (non-hydrogen) atoms. The molecule has 0 bridgehead atoms. The van der Waals surface area contributed by atoms with E-state index in [-0.39, 0.29) is 17.6 Å². The highest BCUT2D eigenvalue weighted by Gasteiger charge is 2.35. The van der Waals surface area contributed by atoms with Crippen molar-refractivity contribution in [3.05, 3.63) is 28.8 Å². The third-order valence-corrected chi connectivity index (χ3v) is 5.78. The Morgan fingerprint density at radius 2 is 1.95 bits per heavy atom. The fourth-order valence-corrected chi connectivity index (χ4v) is 4.24. The Labute approximate surface area is 125 Å². The van der Waals surface area contributed by atoms with Crippen molar-refractivity contribution >= 4 is 26.7 Å². The van der Waals surface area contributed by atoms with Crippen molar-refractivity contribution in [3.63, 3.8) is 0 Å². The summed E-state index contributed by atoms with van der Waals surface area (Å²) in [7, 11) is -3.38. The van der Waals surface area contributed by atoms with Crippen LogP contribution in [0.5, 0.6) is 0 Å². The first kappa shape index (κ1) is 15.5. The van der Waals surface area contributed by atoms with E-state index in [1.807, 2.05) is 13.8 Å². The molecule has 0 radical (unpaired) electrons. The Balaban J connectivity index is 2.83. The minimum absolute atomic E-state index is 0.0341. The van der Waals surface area contributed by atoms with Gasteiger partial charge < -0.3 is 0 Å². The first-order chi connectivity index (χ1) is 9.29. The van der Waals surface area contributed by atoms with Crippen molar-refractivity contribution in [1.29, 1.82) is 0 Å². The van der Waals surface area contributed by atoms with Crippen LogP contribution in [0.1, 0.15) is 66.9 Å². The highest BCUT2D eigenvalue weighted by molar-refractivity contribution is 7.91. The van der Waals surface area contributed by atoms with Crippen LogP contribution in [0.25, 0.3) is 0 Å². The van der Waals surface area contributed by atoms with Crippen molar-refractivity contribution in [2.75, 3.05) is 5.75 Å². The fourth-order valence-electron chi connectivity index (χ4n) is 2.51. The molecule has 110 valence electrons. The number of carbonyl (C=O) groups excluding carboxylic acids is 1. The van der Waals surface area contributed by atoms with Gasteiger partial charge in [0.15, 0.2) is 9.84 Å². The Kier molecular flexibility index (Phi) is 4.26. The maximum Gasteiger partial charge on any atom is 0.252 e. The molecule has 0 N–H and O–H groups in total. The molecular weight excluding hydrogens is 296 g/mol. The molecule has 0 aliphatic heterocycles. The van der Waals surface area contributed by atoms with E-state index in [4.69, 9.17) is 11.6 Å². The molecule has 1 saturated carbocycles.